The van der Waals surface area contributed by atoms with E-state index in [0.29, 0.717) is 29.3 Å². The van der Waals surface area contributed by atoms with Gasteiger partial charge in [0, 0.05) is 36.2 Å². The van der Waals surface area contributed by atoms with Crippen molar-refractivity contribution in [3.8, 4) is 17.1 Å². The van der Waals surface area contributed by atoms with Crippen molar-refractivity contribution in [3.63, 3.8) is 0 Å². The molecule has 4 aliphatic rings. The third-order valence-electron chi connectivity index (χ3n) is 10.7. The van der Waals surface area contributed by atoms with Crippen molar-refractivity contribution in [1.29, 1.82) is 0 Å². The van der Waals surface area contributed by atoms with Crippen LogP contribution in [0.25, 0.3) is 22.5 Å². The summed E-state index contributed by atoms with van der Waals surface area (Å²) in [5.74, 6) is 1.07. The van der Waals surface area contributed by atoms with Crippen LogP contribution in [-0.4, -0.2) is 52.1 Å². The van der Waals surface area contributed by atoms with E-state index in [1.54, 1.807) is 12.3 Å². The molecule has 5 aromatic rings. The number of aromatic nitrogens is 4. The number of hydrogen-bond donors (Lipinski definition) is 3. The fraction of sp³-hybridized carbons (Fsp3) is 0.395. The molecule has 0 spiro atoms. The molecule has 0 unspecified atom stereocenters. The number of furan rings is 1. The molecule has 0 radical (unpaired) electrons. The van der Waals surface area contributed by atoms with Crippen LogP contribution >= 0.6 is 12.4 Å². The first-order valence-corrected chi connectivity index (χ1v) is 18.9. The summed E-state index contributed by atoms with van der Waals surface area (Å²) in [6.45, 7) is 4.72. The number of sulfonamides is 1. The van der Waals surface area contributed by atoms with E-state index in [-0.39, 0.29) is 47.3 Å². The van der Waals surface area contributed by atoms with E-state index in [4.69, 9.17) is 14.1 Å². The van der Waals surface area contributed by atoms with Gasteiger partial charge >= 0.3 is 5.97 Å². The standard InChI is InChI=1S/C38H40N6O6S.ClH/c1-22-6-3-7-23(2)34(22)30-14-33(43-37(42-30)44-51(47,48)29-11-5-10-26(12-29)36(45)46)49-21-27(18-38-15-24(16-38)17-38)39-19-28-20-40-35-31(41-28)13-32(50-35)25-8-4-9-25;/h3,5-7,10-14,20,24-25,27,39H,4,8-9,15-19,21H2,1-2H3,(H,45,46)(H,42,43,44);1H/t24?,27-,38?;/m1./s1. The predicted molar refractivity (Wildman–Crippen MR) is 197 cm³/mol. The topological polar surface area (TPSA) is 169 Å². The van der Waals surface area contributed by atoms with E-state index >= 15 is 0 Å². The van der Waals surface area contributed by atoms with Gasteiger partial charge in [-0.25, -0.2) is 32.9 Å². The molecule has 12 nitrogen and oxygen atoms in total. The smallest absolute Gasteiger partial charge is 0.335 e. The Labute approximate surface area is 308 Å². The fourth-order valence-corrected chi connectivity index (χ4v) is 8.77. The zero-order valence-corrected chi connectivity index (χ0v) is 30.6. The van der Waals surface area contributed by atoms with Crippen molar-refractivity contribution in [1.82, 2.24) is 25.3 Å². The van der Waals surface area contributed by atoms with Crippen LogP contribution in [0.2, 0.25) is 0 Å². The lowest BCUT2D eigenvalue weighted by Gasteiger charge is -2.63. The summed E-state index contributed by atoms with van der Waals surface area (Å²) in [5, 5.41) is 13.1. The number of benzene rings is 2. The molecule has 3 heterocycles. The highest BCUT2D eigenvalue weighted by Crippen LogP contribution is 2.66. The quantitative estimate of drug-likeness (QED) is 0.105. The van der Waals surface area contributed by atoms with Crippen LogP contribution < -0.4 is 14.8 Å². The number of aryl methyl sites for hydroxylation is 2. The van der Waals surface area contributed by atoms with Gasteiger partial charge in [0.05, 0.1) is 28.0 Å². The third kappa shape index (κ3) is 7.22. The number of rotatable bonds is 14. The minimum atomic E-state index is -4.23. The summed E-state index contributed by atoms with van der Waals surface area (Å²) in [4.78, 5) is 29.8. The number of carboxylic acids is 1. The Kier molecular flexibility index (Phi) is 9.70. The number of aromatic carboxylic acids is 1. The van der Waals surface area contributed by atoms with Crippen molar-refractivity contribution in [2.24, 2.45) is 11.3 Å². The van der Waals surface area contributed by atoms with Gasteiger partial charge in [-0.3, -0.25) is 0 Å². The molecule has 14 heteroatoms. The van der Waals surface area contributed by atoms with Crippen LogP contribution in [0.15, 0.2) is 70.1 Å². The molecule has 1 atom stereocenters. The second-order valence-corrected chi connectivity index (χ2v) is 16.2. The predicted octanol–water partition coefficient (Wildman–Crippen LogP) is 7.21. The highest BCUT2D eigenvalue weighted by atomic mass is 35.5. The Balaban J connectivity index is 0.00000420. The summed E-state index contributed by atoms with van der Waals surface area (Å²) < 4.78 is 41.7. The molecule has 0 aliphatic heterocycles. The molecule has 0 amide bonds. The van der Waals surface area contributed by atoms with Crippen LogP contribution in [0.1, 0.15) is 83.8 Å². The van der Waals surface area contributed by atoms with Gasteiger partial charge in [-0.2, -0.15) is 4.98 Å². The van der Waals surface area contributed by atoms with E-state index in [0.717, 1.165) is 64.9 Å². The number of ether oxygens (including phenoxy) is 1. The van der Waals surface area contributed by atoms with Gasteiger partial charge in [-0.1, -0.05) is 30.7 Å². The maximum absolute atomic E-state index is 13.4. The zero-order chi connectivity index (χ0) is 35.3. The Bertz CT molecular complexity index is 2220. The number of anilines is 1. The van der Waals surface area contributed by atoms with Crippen molar-refractivity contribution in [3.05, 3.63) is 88.9 Å². The fourth-order valence-electron chi connectivity index (χ4n) is 7.78. The largest absolute Gasteiger partial charge is 0.478 e. The highest BCUT2D eigenvalue weighted by molar-refractivity contribution is 7.92. The molecule has 4 fully saturated rings. The van der Waals surface area contributed by atoms with Gasteiger partial charge in [0.25, 0.3) is 10.0 Å². The molecule has 4 saturated carbocycles. The van der Waals surface area contributed by atoms with E-state index in [1.165, 1.54) is 43.9 Å². The van der Waals surface area contributed by atoms with Crippen LogP contribution in [0.3, 0.4) is 0 Å². The summed E-state index contributed by atoms with van der Waals surface area (Å²) in [6.07, 6.45) is 9.90. The lowest BCUT2D eigenvalue weighted by atomic mass is 9.43. The lowest BCUT2D eigenvalue weighted by molar-refractivity contribution is -0.119. The van der Waals surface area contributed by atoms with Crippen LogP contribution in [0, 0.1) is 25.2 Å². The average molecular weight is 745 g/mol. The maximum Gasteiger partial charge on any atom is 0.335 e. The van der Waals surface area contributed by atoms with Gasteiger partial charge in [0.2, 0.25) is 17.5 Å². The SMILES string of the molecule is Cc1cccc(C)c1-c1cc(OC[C@@H](CC23CC(C2)C3)NCc2cnc3oc(C4CCC4)cc3n2)nc(NS(=O)(=O)c2cccc(C(=O)O)c2)n1.Cl. The van der Waals surface area contributed by atoms with Gasteiger partial charge in [-0.05, 0) is 93.0 Å². The minimum absolute atomic E-state index is 0. The number of halogens is 1. The van der Waals surface area contributed by atoms with Gasteiger partial charge in [-0.15, -0.1) is 12.4 Å². The number of carboxylic acid groups (broad SMARTS) is 1. The van der Waals surface area contributed by atoms with Crippen molar-refractivity contribution in [2.75, 3.05) is 11.3 Å². The second-order valence-electron chi connectivity index (χ2n) is 14.5. The summed E-state index contributed by atoms with van der Waals surface area (Å²) in [6, 6.07) is 14.7. The van der Waals surface area contributed by atoms with Gasteiger partial charge in [0.15, 0.2) is 0 Å². The Morgan fingerprint density at radius 3 is 2.46 bits per heavy atom. The number of fused-ring (bicyclic) bond motifs is 1. The first kappa shape index (κ1) is 35.8. The summed E-state index contributed by atoms with van der Waals surface area (Å²) in [7, 11) is -4.23. The van der Waals surface area contributed by atoms with E-state index in [9.17, 15) is 18.3 Å². The molecular formula is C38H41ClN6O6S. The highest BCUT2D eigenvalue weighted by Gasteiger charge is 2.56. The van der Waals surface area contributed by atoms with Crippen LogP contribution in [0.4, 0.5) is 5.95 Å². The second kappa shape index (κ2) is 14.1. The molecule has 0 saturated heterocycles. The zero-order valence-electron chi connectivity index (χ0n) is 29.0. The van der Waals surface area contributed by atoms with E-state index in [1.807, 2.05) is 38.1 Å². The van der Waals surface area contributed by atoms with E-state index < -0.39 is 16.0 Å². The Morgan fingerprint density at radius 2 is 1.79 bits per heavy atom. The summed E-state index contributed by atoms with van der Waals surface area (Å²) in [5.41, 5.74) is 5.59. The van der Waals surface area contributed by atoms with Gasteiger partial charge < -0.3 is 19.6 Å². The van der Waals surface area contributed by atoms with Crippen LogP contribution in [-0.2, 0) is 16.6 Å². The average Bonchev–Trinajstić information content (AvgIpc) is 3.44. The molecule has 52 heavy (non-hydrogen) atoms. The van der Waals surface area contributed by atoms with Gasteiger partial charge in [0.1, 0.15) is 17.9 Å². The third-order valence-corrected chi connectivity index (χ3v) is 12.0. The summed E-state index contributed by atoms with van der Waals surface area (Å²) >= 11 is 0. The monoisotopic (exact) mass is 744 g/mol. The van der Waals surface area contributed by atoms with Crippen molar-refractivity contribution in [2.45, 2.75) is 82.2 Å². The molecular weight excluding hydrogens is 704 g/mol. The number of nitrogens with zero attached hydrogens (tertiary/aromatic N) is 4. The minimum Gasteiger partial charge on any atom is -0.478 e. The maximum atomic E-state index is 13.4. The first-order valence-electron chi connectivity index (χ1n) is 17.5. The normalized spacial score (nSPS) is 19.8. The van der Waals surface area contributed by atoms with E-state index in [2.05, 4.69) is 25.0 Å². The first-order chi connectivity index (χ1) is 24.5. The molecule has 2 bridgehead atoms. The lowest BCUT2D eigenvalue weighted by Crippen LogP contribution is -2.55. The molecule has 2 aromatic carbocycles. The number of nitrogens with one attached hydrogen (secondary N) is 2. The Hall–Kier alpha value is -4.59. The number of hydrogen-bond acceptors (Lipinski definition) is 10. The Morgan fingerprint density at radius 1 is 1.04 bits per heavy atom. The molecule has 9 rings (SSSR count). The molecule has 4 aliphatic carbocycles. The molecule has 3 aromatic heterocycles. The van der Waals surface area contributed by atoms with Crippen molar-refractivity contribution < 1.29 is 27.5 Å². The molecule has 3 N–H and O–H groups in total. The van der Waals surface area contributed by atoms with Crippen LogP contribution in [0.5, 0.6) is 5.88 Å². The number of carbonyl (C=O) groups is 1. The van der Waals surface area contributed by atoms with Crippen molar-refractivity contribution >= 4 is 45.6 Å². The molecule has 272 valence electrons.